The molecule has 0 spiro atoms. The molecule has 0 amide bonds. The van der Waals surface area contributed by atoms with Crippen molar-refractivity contribution in [3.63, 3.8) is 0 Å². The quantitative estimate of drug-likeness (QED) is 0.134. The third-order valence-corrected chi connectivity index (χ3v) is 5.22. The van der Waals surface area contributed by atoms with Gasteiger partial charge >= 0.3 is 11.9 Å². The Morgan fingerprint density at radius 1 is 0.778 bits per heavy atom. The lowest BCUT2D eigenvalue weighted by Crippen LogP contribution is -2.05. The molecule has 0 aliphatic heterocycles. The van der Waals surface area contributed by atoms with Gasteiger partial charge in [-0.1, -0.05) is 55.1 Å². The monoisotopic (exact) mass is 486 g/mol. The number of methoxy groups -OCH3 is 1. The van der Waals surface area contributed by atoms with Crippen molar-refractivity contribution >= 4 is 18.0 Å². The lowest BCUT2D eigenvalue weighted by molar-refractivity contribution is -0.137. The minimum atomic E-state index is -0.465. The van der Waals surface area contributed by atoms with Gasteiger partial charge in [-0.05, 0) is 52.6 Å². The molecular weight excluding hydrogens is 456 g/mol. The fourth-order valence-corrected chi connectivity index (χ4v) is 3.29. The van der Waals surface area contributed by atoms with E-state index in [9.17, 15) is 9.59 Å². The van der Waals surface area contributed by atoms with Crippen LogP contribution in [-0.4, -0.2) is 38.9 Å². The van der Waals surface area contributed by atoms with Crippen LogP contribution in [0, 0.1) is 0 Å². The summed E-state index contributed by atoms with van der Waals surface area (Å²) < 4.78 is 21.0. The van der Waals surface area contributed by atoms with Crippen LogP contribution in [0.15, 0.2) is 91.5 Å². The smallest absolute Gasteiger partial charge is 0.336 e. The van der Waals surface area contributed by atoms with Crippen molar-refractivity contribution in [2.45, 2.75) is 12.8 Å². The Morgan fingerprint density at radius 2 is 1.42 bits per heavy atom. The SMILES string of the molecule is C=CC(=O)OCCc1ccc(OC(=O)/C=C/c2ccc(-c3ccc(OCCCOC)cc3)cc2)cc1. The van der Waals surface area contributed by atoms with Gasteiger partial charge in [0.2, 0.25) is 0 Å². The second-order valence-electron chi connectivity index (χ2n) is 7.86. The van der Waals surface area contributed by atoms with Gasteiger partial charge in [0.1, 0.15) is 11.5 Å². The molecule has 0 N–H and O–H groups in total. The van der Waals surface area contributed by atoms with Crippen molar-refractivity contribution in [1.82, 2.24) is 0 Å². The first-order chi connectivity index (χ1) is 17.6. The van der Waals surface area contributed by atoms with E-state index >= 15 is 0 Å². The maximum absolute atomic E-state index is 12.2. The van der Waals surface area contributed by atoms with E-state index in [4.69, 9.17) is 18.9 Å². The Labute approximate surface area is 211 Å². The summed E-state index contributed by atoms with van der Waals surface area (Å²) in [5.41, 5.74) is 4.00. The van der Waals surface area contributed by atoms with Crippen molar-refractivity contribution in [3.05, 3.63) is 103 Å². The minimum absolute atomic E-state index is 0.264. The summed E-state index contributed by atoms with van der Waals surface area (Å²) >= 11 is 0. The molecule has 3 aromatic rings. The summed E-state index contributed by atoms with van der Waals surface area (Å²) in [5, 5.41) is 0. The average Bonchev–Trinajstić information content (AvgIpc) is 2.91. The van der Waals surface area contributed by atoms with Crippen LogP contribution >= 0.6 is 0 Å². The van der Waals surface area contributed by atoms with Gasteiger partial charge in [0, 0.05) is 38.7 Å². The maximum atomic E-state index is 12.2. The molecule has 0 fully saturated rings. The minimum Gasteiger partial charge on any atom is -0.494 e. The summed E-state index contributed by atoms with van der Waals surface area (Å²) in [5.74, 6) is 0.359. The summed E-state index contributed by atoms with van der Waals surface area (Å²) in [6, 6.07) is 22.9. The van der Waals surface area contributed by atoms with E-state index in [1.54, 1.807) is 25.3 Å². The molecular formula is C30H30O6. The third kappa shape index (κ3) is 8.89. The molecule has 0 atom stereocenters. The zero-order chi connectivity index (χ0) is 25.6. The van der Waals surface area contributed by atoms with Crippen LogP contribution < -0.4 is 9.47 Å². The van der Waals surface area contributed by atoms with E-state index in [0.717, 1.165) is 40.5 Å². The van der Waals surface area contributed by atoms with Crippen LogP contribution in [0.2, 0.25) is 0 Å². The number of esters is 2. The number of rotatable bonds is 13. The summed E-state index contributed by atoms with van der Waals surface area (Å²) in [6.07, 6.45) is 5.66. The van der Waals surface area contributed by atoms with Crippen LogP contribution in [0.4, 0.5) is 0 Å². The fraction of sp³-hybridized carbons (Fsp3) is 0.200. The molecule has 6 heteroatoms. The van der Waals surface area contributed by atoms with Gasteiger partial charge in [-0.25, -0.2) is 9.59 Å². The Kier molecular flexibility index (Phi) is 10.5. The largest absolute Gasteiger partial charge is 0.494 e. The van der Waals surface area contributed by atoms with E-state index in [2.05, 4.69) is 6.58 Å². The molecule has 6 nitrogen and oxygen atoms in total. The van der Waals surface area contributed by atoms with Gasteiger partial charge in [-0.2, -0.15) is 0 Å². The number of hydrogen-bond donors (Lipinski definition) is 0. The van der Waals surface area contributed by atoms with E-state index in [0.29, 0.717) is 25.4 Å². The van der Waals surface area contributed by atoms with Gasteiger partial charge in [0.15, 0.2) is 0 Å². The van der Waals surface area contributed by atoms with Crippen molar-refractivity contribution < 1.29 is 28.5 Å². The highest BCUT2D eigenvalue weighted by Crippen LogP contribution is 2.23. The molecule has 3 aromatic carbocycles. The molecule has 0 aliphatic rings. The molecule has 0 heterocycles. The Morgan fingerprint density at radius 3 is 2.06 bits per heavy atom. The Bertz CT molecular complexity index is 1150. The second kappa shape index (κ2) is 14.3. The van der Waals surface area contributed by atoms with Crippen molar-refractivity contribution in [2.24, 2.45) is 0 Å². The van der Waals surface area contributed by atoms with E-state index in [-0.39, 0.29) is 6.61 Å². The standard InChI is InChI=1S/C30H30O6/c1-3-29(31)35-22-19-24-7-14-28(15-8-24)36-30(32)18-9-23-5-10-25(11-6-23)26-12-16-27(17-13-26)34-21-4-20-33-2/h3,5-18H,1,4,19-22H2,2H3/b18-9+. The zero-order valence-electron chi connectivity index (χ0n) is 20.4. The van der Waals surface area contributed by atoms with Crippen LogP contribution in [-0.2, 0) is 25.5 Å². The Balaban J connectivity index is 1.47. The zero-order valence-corrected chi connectivity index (χ0v) is 20.4. The number of hydrogen-bond acceptors (Lipinski definition) is 6. The third-order valence-electron chi connectivity index (χ3n) is 5.22. The summed E-state index contributed by atoms with van der Waals surface area (Å²) in [6.45, 7) is 4.92. The first kappa shape index (κ1) is 26.4. The van der Waals surface area contributed by atoms with Gasteiger partial charge < -0.3 is 18.9 Å². The van der Waals surface area contributed by atoms with E-state index in [1.807, 2.05) is 60.7 Å². The normalized spacial score (nSPS) is 10.7. The molecule has 0 aromatic heterocycles. The molecule has 0 saturated carbocycles. The van der Waals surface area contributed by atoms with Crippen molar-refractivity contribution in [3.8, 4) is 22.6 Å². The molecule has 3 rings (SSSR count). The molecule has 0 radical (unpaired) electrons. The second-order valence-corrected chi connectivity index (χ2v) is 7.86. The molecule has 0 unspecified atom stereocenters. The lowest BCUT2D eigenvalue weighted by Gasteiger charge is -2.07. The lowest BCUT2D eigenvalue weighted by atomic mass is 10.0. The van der Waals surface area contributed by atoms with Gasteiger partial charge in [-0.3, -0.25) is 0 Å². The highest BCUT2D eigenvalue weighted by Gasteiger charge is 2.03. The fourth-order valence-electron chi connectivity index (χ4n) is 3.29. The number of benzene rings is 3. The summed E-state index contributed by atoms with van der Waals surface area (Å²) in [4.78, 5) is 23.3. The van der Waals surface area contributed by atoms with Crippen LogP contribution in [0.3, 0.4) is 0 Å². The molecule has 0 aliphatic carbocycles. The maximum Gasteiger partial charge on any atom is 0.336 e. The number of carbonyl (C=O) groups is 2. The predicted molar refractivity (Wildman–Crippen MR) is 140 cm³/mol. The molecule has 0 bridgehead atoms. The van der Waals surface area contributed by atoms with E-state index in [1.165, 1.54) is 6.08 Å². The van der Waals surface area contributed by atoms with Crippen LogP contribution in [0.5, 0.6) is 11.5 Å². The predicted octanol–water partition coefficient (Wildman–Crippen LogP) is 5.66. The first-order valence-corrected chi connectivity index (χ1v) is 11.7. The molecule has 0 saturated heterocycles. The van der Waals surface area contributed by atoms with Crippen LogP contribution in [0.25, 0.3) is 17.2 Å². The van der Waals surface area contributed by atoms with Crippen molar-refractivity contribution in [2.75, 3.05) is 26.9 Å². The molecule has 36 heavy (non-hydrogen) atoms. The van der Waals surface area contributed by atoms with Gasteiger partial charge in [0.05, 0.1) is 13.2 Å². The average molecular weight is 487 g/mol. The Hall–Kier alpha value is -4.16. The first-order valence-electron chi connectivity index (χ1n) is 11.7. The van der Waals surface area contributed by atoms with Gasteiger partial charge in [-0.15, -0.1) is 0 Å². The van der Waals surface area contributed by atoms with Crippen molar-refractivity contribution in [1.29, 1.82) is 0 Å². The van der Waals surface area contributed by atoms with Crippen LogP contribution in [0.1, 0.15) is 17.5 Å². The summed E-state index contributed by atoms with van der Waals surface area (Å²) in [7, 11) is 1.68. The molecule has 186 valence electrons. The number of ether oxygens (including phenoxy) is 4. The highest BCUT2D eigenvalue weighted by atomic mass is 16.5. The topological polar surface area (TPSA) is 71.1 Å². The highest BCUT2D eigenvalue weighted by molar-refractivity contribution is 5.88. The number of carbonyl (C=O) groups excluding carboxylic acids is 2. The van der Waals surface area contributed by atoms with Gasteiger partial charge in [0.25, 0.3) is 0 Å². The van der Waals surface area contributed by atoms with E-state index < -0.39 is 11.9 Å².